The summed E-state index contributed by atoms with van der Waals surface area (Å²) in [5.74, 6) is -2.38. The van der Waals surface area contributed by atoms with Crippen molar-refractivity contribution >= 4 is 40.7 Å². The van der Waals surface area contributed by atoms with E-state index in [1.807, 2.05) is 0 Å². The number of hydrazone groups is 1. The summed E-state index contributed by atoms with van der Waals surface area (Å²) in [6.45, 7) is -1.95. The van der Waals surface area contributed by atoms with Crippen LogP contribution in [0, 0.1) is 5.82 Å². The Morgan fingerprint density at radius 3 is 2.62 bits per heavy atom. The molecule has 11 heteroatoms. The molecule has 0 fully saturated rings. The van der Waals surface area contributed by atoms with E-state index in [1.165, 1.54) is 13.0 Å². The van der Waals surface area contributed by atoms with Gasteiger partial charge >= 0.3 is 12.5 Å². The summed E-state index contributed by atoms with van der Waals surface area (Å²) in [5.41, 5.74) is 0.0490. The standard InChI is InChI=1S/C15H15Cl2F4N3O2/c1-7-22-24(15(21)23(7)14(19)20)12-5-8(10(17)6-11(12)18)3-2-4-9(16)13(25)26/h5-6,9,14-15H,2-4H2,1H3,(H,25,26). The first-order valence-corrected chi connectivity index (χ1v) is 8.34. The number of amidine groups is 1. The number of aryl methyl sites for hydroxylation is 1. The first-order chi connectivity index (χ1) is 12.1. The number of benzene rings is 1. The van der Waals surface area contributed by atoms with Crippen molar-refractivity contribution < 1.29 is 27.5 Å². The fraction of sp³-hybridized carbons (Fsp3) is 0.467. The number of carbonyl (C=O) groups is 1. The van der Waals surface area contributed by atoms with E-state index in [1.54, 1.807) is 0 Å². The third-order valence-corrected chi connectivity index (χ3v) is 4.56. The van der Waals surface area contributed by atoms with Crippen LogP contribution in [-0.2, 0) is 11.2 Å². The van der Waals surface area contributed by atoms with E-state index in [9.17, 15) is 22.4 Å². The normalized spacial score (nSPS) is 18.5. The molecule has 0 aliphatic carbocycles. The lowest BCUT2D eigenvalue weighted by Crippen LogP contribution is -2.41. The zero-order chi connectivity index (χ0) is 19.6. The van der Waals surface area contributed by atoms with E-state index in [4.69, 9.17) is 28.3 Å². The van der Waals surface area contributed by atoms with E-state index in [0.29, 0.717) is 17.0 Å². The molecule has 1 aliphatic heterocycles. The maximum atomic E-state index is 14.3. The van der Waals surface area contributed by atoms with Crippen LogP contribution in [0.4, 0.5) is 23.2 Å². The average Bonchev–Trinajstić information content (AvgIpc) is 2.83. The van der Waals surface area contributed by atoms with Crippen LogP contribution in [0.5, 0.6) is 0 Å². The maximum Gasteiger partial charge on any atom is 0.321 e. The lowest BCUT2D eigenvalue weighted by Gasteiger charge is -2.24. The quantitative estimate of drug-likeness (QED) is 0.406. The second-order valence-electron chi connectivity index (χ2n) is 5.58. The largest absolute Gasteiger partial charge is 0.480 e. The van der Waals surface area contributed by atoms with Crippen molar-refractivity contribution in [3.63, 3.8) is 0 Å². The summed E-state index contributed by atoms with van der Waals surface area (Å²) in [6, 6.07) is 2.14. The van der Waals surface area contributed by atoms with Crippen molar-refractivity contribution in [3.8, 4) is 0 Å². The highest BCUT2D eigenvalue weighted by Gasteiger charge is 2.39. The molecular weight excluding hydrogens is 401 g/mol. The van der Waals surface area contributed by atoms with E-state index in [-0.39, 0.29) is 34.3 Å². The number of carboxylic acids is 1. The number of nitrogens with zero attached hydrogens (tertiary/aromatic N) is 3. The second kappa shape index (κ2) is 8.30. The Morgan fingerprint density at radius 2 is 2.08 bits per heavy atom. The lowest BCUT2D eigenvalue weighted by atomic mass is 10.1. The summed E-state index contributed by atoms with van der Waals surface area (Å²) < 4.78 is 54.2. The fourth-order valence-electron chi connectivity index (χ4n) is 2.47. The van der Waals surface area contributed by atoms with Gasteiger partial charge in [0.15, 0.2) is 0 Å². The molecule has 26 heavy (non-hydrogen) atoms. The molecule has 1 heterocycles. The van der Waals surface area contributed by atoms with E-state index in [2.05, 4.69) is 5.10 Å². The Hall–Kier alpha value is -1.74. The van der Waals surface area contributed by atoms with Gasteiger partial charge in [0.2, 0.25) is 0 Å². The van der Waals surface area contributed by atoms with Gasteiger partial charge in [0, 0.05) is 5.02 Å². The zero-order valence-electron chi connectivity index (χ0n) is 13.5. The van der Waals surface area contributed by atoms with Crippen molar-refractivity contribution in [1.82, 2.24) is 4.90 Å². The van der Waals surface area contributed by atoms with Gasteiger partial charge in [-0.25, -0.2) is 9.40 Å². The van der Waals surface area contributed by atoms with Crippen LogP contribution in [0.1, 0.15) is 25.3 Å². The van der Waals surface area contributed by atoms with Gasteiger partial charge < -0.3 is 5.11 Å². The molecule has 2 atom stereocenters. The van der Waals surface area contributed by atoms with Crippen LogP contribution in [0.15, 0.2) is 17.2 Å². The molecule has 0 bridgehead atoms. The number of hydrogen-bond donors (Lipinski definition) is 1. The second-order valence-corrected chi connectivity index (χ2v) is 6.51. The molecule has 0 saturated carbocycles. The summed E-state index contributed by atoms with van der Waals surface area (Å²) in [7, 11) is 0. The molecule has 0 spiro atoms. The number of carboxylic acid groups (broad SMARTS) is 1. The molecule has 0 saturated heterocycles. The van der Waals surface area contributed by atoms with Gasteiger partial charge in [0.05, 0.1) is 0 Å². The van der Waals surface area contributed by atoms with Crippen molar-refractivity contribution in [2.24, 2.45) is 5.10 Å². The molecule has 1 aromatic rings. The van der Waals surface area contributed by atoms with Crippen molar-refractivity contribution in [1.29, 1.82) is 0 Å². The van der Waals surface area contributed by atoms with Crippen molar-refractivity contribution in [2.75, 3.05) is 5.01 Å². The van der Waals surface area contributed by atoms with Gasteiger partial charge in [-0.1, -0.05) is 11.6 Å². The minimum Gasteiger partial charge on any atom is -0.480 e. The topological polar surface area (TPSA) is 56.1 Å². The van der Waals surface area contributed by atoms with Crippen LogP contribution in [0.25, 0.3) is 0 Å². The molecule has 144 valence electrons. The Labute approximate surface area is 156 Å². The highest BCUT2D eigenvalue weighted by Crippen LogP contribution is 2.34. The predicted octanol–water partition coefficient (Wildman–Crippen LogP) is 4.42. The summed E-state index contributed by atoms with van der Waals surface area (Å²) >= 11 is 11.6. The predicted molar refractivity (Wildman–Crippen MR) is 90.0 cm³/mol. The summed E-state index contributed by atoms with van der Waals surface area (Å²) in [5, 5.41) is 11.9. The molecule has 1 aromatic carbocycles. The highest BCUT2D eigenvalue weighted by atomic mass is 35.5. The Balaban J connectivity index is 2.21. The van der Waals surface area contributed by atoms with Gasteiger partial charge in [-0.15, -0.1) is 11.6 Å². The molecule has 0 amide bonds. The first kappa shape index (κ1) is 20.6. The highest BCUT2D eigenvalue weighted by molar-refractivity contribution is 6.31. The SMILES string of the molecule is CC1=NN(c2cc(CCCC(Cl)C(=O)O)c(Cl)cc2F)C(F)N1C(F)F. The minimum atomic E-state index is -3.13. The monoisotopic (exact) mass is 415 g/mol. The van der Waals surface area contributed by atoms with E-state index >= 15 is 0 Å². The molecule has 0 aromatic heterocycles. The number of aliphatic carboxylic acids is 1. The van der Waals surface area contributed by atoms with Crippen LogP contribution in [0.2, 0.25) is 5.02 Å². The van der Waals surface area contributed by atoms with Gasteiger partial charge in [-0.3, -0.25) is 9.69 Å². The molecule has 1 aliphatic rings. The summed E-state index contributed by atoms with van der Waals surface area (Å²) in [4.78, 5) is 10.8. The molecular formula is C15H15Cl2F4N3O2. The molecule has 1 N–H and O–H groups in total. The lowest BCUT2D eigenvalue weighted by molar-refractivity contribution is -0.136. The minimum absolute atomic E-state index is 0.0497. The molecule has 0 radical (unpaired) electrons. The molecule has 5 nitrogen and oxygen atoms in total. The summed E-state index contributed by atoms with van der Waals surface area (Å²) in [6.07, 6.45) is -1.64. The molecule has 2 rings (SSSR count). The van der Waals surface area contributed by atoms with Gasteiger partial charge in [-0.05, 0) is 43.9 Å². The Morgan fingerprint density at radius 1 is 1.42 bits per heavy atom. The maximum absolute atomic E-state index is 14.3. The van der Waals surface area contributed by atoms with Crippen LogP contribution >= 0.6 is 23.2 Å². The Kier molecular flexibility index (Phi) is 6.57. The van der Waals surface area contributed by atoms with Crippen molar-refractivity contribution in [2.45, 2.75) is 44.5 Å². The third-order valence-electron chi connectivity index (χ3n) is 3.80. The van der Waals surface area contributed by atoms with Crippen LogP contribution in [-0.4, -0.2) is 40.2 Å². The number of hydrogen-bond acceptors (Lipinski definition) is 4. The number of rotatable bonds is 7. The number of alkyl halides is 4. The van der Waals surface area contributed by atoms with Gasteiger partial charge in [-0.2, -0.15) is 18.3 Å². The molecule has 2 unspecified atom stereocenters. The van der Waals surface area contributed by atoms with Gasteiger partial charge in [0.1, 0.15) is 22.7 Å². The van der Waals surface area contributed by atoms with E-state index < -0.39 is 30.1 Å². The fourth-order valence-corrected chi connectivity index (χ4v) is 2.87. The van der Waals surface area contributed by atoms with Crippen molar-refractivity contribution in [3.05, 3.63) is 28.5 Å². The zero-order valence-corrected chi connectivity index (χ0v) is 15.0. The van der Waals surface area contributed by atoms with E-state index in [0.717, 1.165) is 6.07 Å². The first-order valence-electron chi connectivity index (χ1n) is 7.53. The van der Waals surface area contributed by atoms with Gasteiger partial charge in [0.25, 0.3) is 6.42 Å². The number of anilines is 1. The Bertz CT molecular complexity index is 720. The number of halogens is 6. The van der Waals surface area contributed by atoms with Crippen LogP contribution < -0.4 is 5.01 Å². The third kappa shape index (κ3) is 4.32. The smallest absolute Gasteiger partial charge is 0.321 e. The van der Waals surface area contributed by atoms with Crippen LogP contribution in [0.3, 0.4) is 0 Å². The average molecular weight is 416 g/mol.